The molecule has 0 unspecified atom stereocenters. The maximum Gasteiger partial charge on any atom is 0.223 e. The fourth-order valence-corrected chi connectivity index (χ4v) is 3.80. The highest BCUT2D eigenvalue weighted by atomic mass is 35.5. The number of piperazine rings is 2. The zero-order valence-electron chi connectivity index (χ0n) is 15.5. The third-order valence-electron chi connectivity index (χ3n) is 5.21. The Kier molecular flexibility index (Phi) is 7.14. The van der Waals surface area contributed by atoms with E-state index in [1.165, 1.54) is 0 Å². The summed E-state index contributed by atoms with van der Waals surface area (Å²) in [5.41, 5.74) is 1.13. The Bertz CT molecular complexity index is 599. The molecule has 0 saturated carbocycles. The van der Waals surface area contributed by atoms with Gasteiger partial charge in [0.25, 0.3) is 0 Å². The van der Waals surface area contributed by atoms with E-state index in [2.05, 4.69) is 15.1 Å². The summed E-state index contributed by atoms with van der Waals surface area (Å²) >= 11 is 6.13. The van der Waals surface area contributed by atoms with Crippen LogP contribution in [0.15, 0.2) is 18.2 Å². The quantitative estimate of drug-likeness (QED) is 0.805. The van der Waals surface area contributed by atoms with Gasteiger partial charge in [-0.1, -0.05) is 11.6 Å². The van der Waals surface area contributed by atoms with Crippen LogP contribution in [0.1, 0.15) is 12.0 Å². The Balaban J connectivity index is 1.41. The van der Waals surface area contributed by atoms with Crippen molar-refractivity contribution < 1.29 is 9.53 Å². The number of rotatable bonds is 6. The number of hydrogen-bond acceptors (Lipinski definition) is 5. The van der Waals surface area contributed by atoms with Gasteiger partial charge in [-0.05, 0) is 18.2 Å². The fourth-order valence-electron chi connectivity index (χ4n) is 3.61. The van der Waals surface area contributed by atoms with Crippen LogP contribution in [0, 0.1) is 0 Å². The van der Waals surface area contributed by atoms with Crippen molar-refractivity contribution in [1.82, 2.24) is 20.0 Å². The molecule has 7 heteroatoms. The number of halogens is 1. The Labute approximate surface area is 161 Å². The summed E-state index contributed by atoms with van der Waals surface area (Å²) in [4.78, 5) is 19.1. The van der Waals surface area contributed by atoms with Crippen molar-refractivity contribution in [3.63, 3.8) is 0 Å². The second-order valence-corrected chi connectivity index (χ2v) is 7.39. The molecule has 2 aliphatic rings. The van der Waals surface area contributed by atoms with E-state index < -0.39 is 0 Å². The molecule has 1 amide bonds. The molecule has 1 N–H and O–H groups in total. The van der Waals surface area contributed by atoms with Crippen LogP contribution in [0.25, 0.3) is 0 Å². The van der Waals surface area contributed by atoms with E-state index in [-0.39, 0.29) is 5.91 Å². The average molecular weight is 381 g/mol. The van der Waals surface area contributed by atoms with Gasteiger partial charge in [0.15, 0.2) is 0 Å². The molecule has 0 bridgehead atoms. The molecule has 0 spiro atoms. The van der Waals surface area contributed by atoms with Crippen LogP contribution >= 0.6 is 11.6 Å². The maximum atomic E-state index is 12.3. The van der Waals surface area contributed by atoms with Gasteiger partial charge in [0.1, 0.15) is 5.75 Å². The van der Waals surface area contributed by atoms with E-state index in [1.54, 1.807) is 7.11 Å². The highest BCUT2D eigenvalue weighted by Gasteiger charge is 2.21. The molecule has 2 fully saturated rings. The van der Waals surface area contributed by atoms with Gasteiger partial charge < -0.3 is 19.9 Å². The number of methoxy groups -OCH3 is 1. The molecule has 0 aromatic heterocycles. The van der Waals surface area contributed by atoms with E-state index in [0.29, 0.717) is 6.42 Å². The van der Waals surface area contributed by atoms with E-state index in [0.717, 1.165) is 81.8 Å². The fraction of sp³-hybridized carbons (Fsp3) is 0.632. The highest BCUT2D eigenvalue weighted by molar-refractivity contribution is 6.30. The van der Waals surface area contributed by atoms with E-state index >= 15 is 0 Å². The molecule has 0 atom stereocenters. The summed E-state index contributed by atoms with van der Waals surface area (Å²) in [7, 11) is 1.69. The lowest BCUT2D eigenvalue weighted by molar-refractivity contribution is -0.132. The van der Waals surface area contributed by atoms with Gasteiger partial charge in [0.2, 0.25) is 5.91 Å². The molecule has 2 aliphatic heterocycles. The second kappa shape index (κ2) is 9.55. The second-order valence-electron chi connectivity index (χ2n) is 6.95. The van der Waals surface area contributed by atoms with E-state index in [9.17, 15) is 4.79 Å². The number of carbonyl (C=O) groups excluding carboxylic acids is 1. The van der Waals surface area contributed by atoms with Gasteiger partial charge in [0.05, 0.1) is 7.11 Å². The number of nitrogens with zero attached hydrogens (tertiary/aromatic N) is 3. The predicted octanol–water partition coefficient (Wildman–Crippen LogP) is 1.29. The Morgan fingerprint density at radius 1 is 1.12 bits per heavy atom. The van der Waals surface area contributed by atoms with Gasteiger partial charge in [-0.3, -0.25) is 9.69 Å². The number of hydrogen-bond donors (Lipinski definition) is 1. The van der Waals surface area contributed by atoms with E-state index in [1.807, 2.05) is 23.1 Å². The first kappa shape index (κ1) is 19.4. The number of ether oxygens (including phenoxy) is 1. The monoisotopic (exact) mass is 380 g/mol. The van der Waals surface area contributed by atoms with Gasteiger partial charge in [-0.25, -0.2) is 0 Å². The molecule has 1 aromatic carbocycles. The first-order valence-corrected chi connectivity index (χ1v) is 9.79. The predicted molar refractivity (Wildman–Crippen MR) is 104 cm³/mol. The van der Waals surface area contributed by atoms with Crippen molar-refractivity contribution in [3.8, 4) is 5.75 Å². The minimum absolute atomic E-state index is 0.289. The zero-order chi connectivity index (χ0) is 18.4. The van der Waals surface area contributed by atoms with Crippen LogP contribution in [-0.4, -0.2) is 86.6 Å². The van der Waals surface area contributed by atoms with Gasteiger partial charge in [0, 0.05) is 82.5 Å². The maximum absolute atomic E-state index is 12.3. The number of nitrogens with one attached hydrogen (secondary N) is 1. The molecule has 3 rings (SSSR count). The van der Waals surface area contributed by atoms with E-state index in [4.69, 9.17) is 16.3 Å². The normalized spacial score (nSPS) is 19.5. The minimum atomic E-state index is 0.289. The summed E-state index contributed by atoms with van der Waals surface area (Å²) < 4.78 is 5.44. The zero-order valence-corrected chi connectivity index (χ0v) is 16.3. The molecular formula is C19H29ClN4O2. The Morgan fingerprint density at radius 3 is 2.50 bits per heavy atom. The Hall–Kier alpha value is -1.34. The average Bonchev–Trinajstić information content (AvgIpc) is 2.68. The molecule has 144 valence electrons. The first-order chi connectivity index (χ1) is 12.7. The number of benzene rings is 1. The lowest BCUT2D eigenvalue weighted by Crippen LogP contribution is -2.49. The molecular weight excluding hydrogens is 352 g/mol. The molecule has 2 heterocycles. The van der Waals surface area contributed by atoms with Gasteiger partial charge in [-0.2, -0.15) is 0 Å². The van der Waals surface area contributed by atoms with Crippen molar-refractivity contribution in [2.75, 3.05) is 66.0 Å². The molecule has 6 nitrogen and oxygen atoms in total. The number of carbonyl (C=O) groups is 1. The van der Waals surface area contributed by atoms with Crippen molar-refractivity contribution >= 4 is 17.5 Å². The van der Waals surface area contributed by atoms with Crippen LogP contribution in [-0.2, 0) is 11.3 Å². The van der Waals surface area contributed by atoms with Crippen LogP contribution in [0.3, 0.4) is 0 Å². The number of amides is 1. The molecule has 1 aromatic rings. The smallest absolute Gasteiger partial charge is 0.223 e. The molecule has 26 heavy (non-hydrogen) atoms. The summed E-state index contributed by atoms with van der Waals surface area (Å²) in [6.07, 6.45) is 0.627. The molecule has 0 radical (unpaired) electrons. The third-order valence-corrected chi connectivity index (χ3v) is 5.45. The first-order valence-electron chi connectivity index (χ1n) is 9.41. The minimum Gasteiger partial charge on any atom is -0.496 e. The van der Waals surface area contributed by atoms with Crippen molar-refractivity contribution in [3.05, 3.63) is 28.8 Å². The SMILES string of the molecule is COc1ccc(Cl)cc1CN1CCN(CCC(=O)N2CCNCC2)CC1. The third kappa shape index (κ3) is 5.33. The lowest BCUT2D eigenvalue weighted by Gasteiger charge is -2.35. The molecule has 2 saturated heterocycles. The standard InChI is InChI=1S/C19H29ClN4O2/c1-26-18-3-2-17(20)14-16(18)15-23-12-10-22(11-13-23)7-4-19(25)24-8-5-21-6-9-24/h2-3,14,21H,4-13,15H2,1H3. The van der Waals surface area contributed by atoms with Crippen molar-refractivity contribution in [2.45, 2.75) is 13.0 Å². The largest absolute Gasteiger partial charge is 0.496 e. The van der Waals surface area contributed by atoms with Crippen molar-refractivity contribution in [2.24, 2.45) is 0 Å². The van der Waals surface area contributed by atoms with Crippen LogP contribution in [0.2, 0.25) is 5.02 Å². The van der Waals surface area contributed by atoms with Crippen LogP contribution in [0.4, 0.5) is 0 Å². The molecule has 0 aliphatic carbocycles. The summed E-state index contributed by atoms with van der Waals surface area (Å²) in [5.74, 6) is 1.18. The van der Waals surface area contributed by atoms with Crippen LogP contribution < -0.4 is 10.1 Å². The van der Waals surface area contributed by atoms with Crippen LogP contribution in [0.5, 0.6) is 5.75 Å². The lowest BCUT2D eigenvalue weighted by atomic mass is 10.1. The van der Waals surface area contributed by atoms with Gasteiger partial charge in [-0.15, -0.1) is 0 Å². The highest BCUT2D eigenvalue weighted by Crippen LogP contribution is 2.24. The summed E-state index contributed by atoms with van der Waals surface area (Å²) in [5, 5.41) is 4.03. The van der Waals surface area contributed by atoms with Crippen molar-refractivity contribution in [1.29, 1.82) is 0 Å². The topological polar surface area (TPSA) is 48.1 Å². The van der Waals surface area contributed by atoms with Gasteiger partial charge >= 0.3 is 0 Å². The summed E-state index contributed by atoms with van der Waals surface area (Å²) in [6.45, 7) is 9.20. The summed E-state index contributed by atoms with van der Waals surface area (Å²) in [6, 6.07) is 5.77. The Morgan fingerprint density at radius 2 is 1.81 bits per heavy atom.